The minimum absolute atomic E-state index is 0.462. The minimum atomic E-state index is 0.462. The Kier molecular flexibility index (Phi) is 1.45. The molecule has 0 saturated heterocycles. The van der Waals surface area contributed by atoms with Crippen LogP contribution >= 0.6 is 0 Å². The highest BCUT2D eigenvalue weighted by atomic mass is 14.9. The summed E-state index contributed by atoms with van der Waals surface area (Å²) >= 11 is 0. The van der Waals surface area contributed by atoms with Crippen LogP contribution in [0.1, 0.15) is 33.6 Å². The largest absolute Gasteiger partial charge is 0.350 e. The van der Waals surface area contributed by atoms with Gasteiger partial charge in [0.05, 0.1) is 0 Å². The summed E-state index contributed by atoms with van der Waals surface area (Å²) in [6, 6.07) is 1.17. The Bertz CT molecular complexity index is 212. The second-order valence-electron chi connectivity index (χ2n) is 5.55. The summed E-state index contributed by atoms with van der Waals surface area (Å²) in [6.45, 7) is 7.23. The van der Waals surface area contributed by atoms with E-state index in [1.165, 1.54) is 12.8 Å². The van der Waals surface area contributed by atoms with Crippen LogP contribution in [0.15, 0.2) is 0 Å². The van der Waals surface area contributed by atoms with Gasteiger partial charge in [-0.05, 0) is 18.3 Å². The summed E-state index contributed by atoms with van der Waals surface area (Å²) in [5.41, 5.74) is 9.53. The highest BCUT2D eigenvalue weighted by Gasteiger charge is 2.68. The zero-order chi connectivity index (χ0) is 9.15. The van der Waals surface area contributed by atoms with Crippen molar-refractivity contribution in [3.05, 3.63) is 0 Å². The Morgan fingerprint density at radius 1 is 1.17 bits per heavy atom. The van der Waals surface area contributed by atoms with Crippen LogP contribution in [0.4, 0.5) is 0 Å². The van der Waals surface area contributed by atoms with Gasteiger partial charge in [-0.25, -0.2) is 0 Å². The predicted octanol–water partition coefficient (Wildman–Crippen LogP) is -0.336. The summed E-state index contributed by atoms with van der Waals surface area (Å²) in [4.78, 5) is 0. The molecule has 0 aromatic heterocycles. The Morgan fingerprint density at radius 3 is 2.00 bits per heavy atom. The maximum absolute atomic E-state index is 4.31. The van der Waals surface area contributed by atoms with Crippen LogP contribution in [-0.2, 0) is 0 Å². The lowest BCUT2D eigenvalue weighted by molar-refractivity contribution is -0.543. The quantitative estimate of drug-likeness (QED) is 0.500. The fourth-order valence-corrected chi connectivity index (χ4v) is 3.73. The van der Waals surface area contributed by atoms with Gasteiger partial charge in [0, 0.05) is 11.3 Å². The first kappa shape index (κ1) is 8.52. The van der Waals surface area contributed by atoms with Gasteiger partial charge in [0.2, 0.25) is 0 Å². The Balaban J connectivity index is 2.44. The monoisotopic (exact) mass is 170 g/mol. The maximum atomic E-state index is 4.31. The molecule has 0 spiro atoms. The van der Waals surface area contributed by atoms with E-state index in [0.29, 0.717) is 22.9 Å². The molecule has 2 bridgehead atoms. The molecule has 2 aliphatic rings. The van der Waals surface area contributed by atoms with Crippen LogP contribution in [0, 0.1) is 16.7 Å². The number of rotatable bonds is 0. The highest BCUT2D eigenvalue weighted by molar-refractivity contribution is 5.13. The molecule has 2 nitrogen and oxygen atoms in total. The van der Waals surface area contributed by atoms with Gasteiger partial charge in [-0.3, -0.25) is 0 Å². The molecule has 6 N–H and O–H groups in total. The summed E-state index contributed by atoms with van der Waals surface area (Å²) in [6.07, 6.45) is 2.74. The van der Waals surface area contributed by atoms with Crippen molar-refractivity contribution in [3.8, 4) is 0 Å². The third kappa shape index (κ3) is 0.647. The van der Waals surface area contributed by atoms with Gasteiger partial charge in [0.1, 0.15) is 12.1 Å². The van der Waals surface area contributed by atoms with Gasteiger partial charge in [0.25, 0.3) is 0 Å². The summed E-state index contributed by atoms with van der Waals surface area (Å²) in [5.74, 6) is 0.824. The fraction of sp³-hybridized carbons (Fsp3) is 1.00. The van der Waals surface area contributed by atoms with E-state index >= 15 is 0 Å². The van der Waals surface area contributed by atoms with Crippen molar-refractivity contribution in [1.29, 1.82) is 0 Å². The van der Waals surface area contributed by atoms with E-state index in [0.717, 1.165) is 5.92 Å². The number of hydrogen-bond acceptors (Lipinski definition) is 0. The summed E-state index contributed by atoms with van der Waals surface area (Å²) < 4.78 is 0. The number of hydrogen-bond donors (Lipinski definition) is 2. The minimum Gasteiger partial charge on any atom is -0.350 e. The molecule has 0 radical (unpaired) electrons. The SMILES string of the molecule is CC1(C)C2CCC1(C)C([NH3+])C2[NH3+]. The topological polar surface area (TPSA) is 55.3 Å². The van der Waals surface area contributed by atoms with Crippen molar-refractivity contribution >= 4 is 0 Å². The first-order chi connectivity index (χ1) is 5.41. The van der Waals surface area contributed by atoms with Crippen molar-refractivity contribution in [2.24, 2.45) is 16.7 Å². The molecule has 0 amide bonds. The Labute approximate surface area is 74.7 Å². The highest BCUT2D eigenvalue weighted by Crippen LogP contribution is 2.63. The lowest BCUT2D eigenvalue weighted by Gasteiger charge is -2.34. The fourth-order valence-electron chi connectivity index (χ4n) is 3.73. The molecule has 2 rings (SSSR count). The predicted molar refractivity (Wildman–Crippen MR) is 48.0 cm³/mol. The van der Waals surface area contributed by atoms with Gasteiger partial charge < -0.3 is 11.5 Å². The van der Waals surface area contributed by atoms with Gasteiger partial charge in [-0.2, -0.15) is 0 Å². The van der Waals surface area contributed by atoms with E-state index in [2.05, 4.69) is 32.2 Å². The van der Waals surface area contributed by atoms with Crippen molar-refractivity contribution in [1.82, 2.24) is 0 Å². The van der Waals surface area contributed by atoms with Crippen molar-refractivity contribution in [3.63, 3.8) is 0 Å². The molecular weight excluding hydrogens is 148 g/mol. The zero-order valence-corrected chi connectivity index (χ0v) is 8.56. The molecule has 0 aromatic carbocycles. The van der Waals surface area contributed by atoms with Crippen LogP contribution in [-0.4, -0.2) is 12.1 Å². The van der Waals surface area contributed by atoms with Crippen LogP contribution in [0.2, 0.25) is 0 Å². The number of fused-ring (bicyclic) bond motifs is 2. The molecule has 2 fully saturated rings. The molecule has 4 unspecified atom stereocenters. The normalized spacial score (nSPS) is 56.2. The summed E-state index contributed by atoms with van der Waals surface area (Å²) in [5, 5.41) is 0. The van der Waals surface area contributed by atoms with Gasteiger partial charge >= 0.3 is 0 Å². The molecule has 2 aliphatic carbocycles. The molecular formula is C10H22N2+2. The second kappa shape index (κ2) is 2.05. The first-order valence-electron chi connectivity index (χ1n) is 5.07. The second-order valence-corrected chi connectivity index (χ2v) is 5.55. The van der Waals surface area contributed by atoms with E-state index in [1.807, 2.05) is 0 Å². The van der Waals surface area contributed by atoms with Crippen LogP contribution in [0.5, 0.6) is 0 Å². The molecule has 4 atom stereocenters. The maximum Gasteiger partial charge on any atom is 0.143 e. The van der Waals surface area contributed by atoms with E-state index < -0.39 is 0 Å². The number of quaternary nitrogens is 2. The van der Waals surface area contributed by atoms with E-state index in [-0.39, 0.29) is 0 Å². The smallest absolute Gasteiger partial charge is 0.143 e. The molecule has 70 valence electrons. The van der Waals surface area contributed by atoms with E-state index in [1.54, 1.807) is 0 Å². The first-order valence-corrected chi connectivity index (χ1v) is 5.07. The Morgan fingerprint density at radius 2 is 1.75 bits per heavy atom. The lowest BCUT2D eigenvalue weighted by Crippen LogP contribution is -2.82. The van der Waals surface area contributed by atoms with Crippen molar-refractivity contribution in [2.75, 3.05) is 0 Å². The molecule has 12 heavy (non-hydrogen) atoms. The summed E-state index contributed by atoms with van der Waals surface area (Å²) in [7, 11) is 0. The van der Waals surface area contributed by atoms with Crippen LogP contribution in [0.25, 0.3) is 0 Å². The van der Waals surface area contributed by atoms with Crippen LogP contribution < -0.4 is 11.5 Å². The van der Waals surface area contributed by atoms with Gasteiger partial charge in [-0.15, -0.1) is 0 Å². The van der Waals surface area contributed by atoms with E-state index in [9.17, 15) is 0 Å². The molecule has 0 aromatic rings. The standard InChI is InChI=1S/C10H20N2/c1-9(2)6-4-5-10(9,3)8(12)7(6)11/h6-8H,4-5,11-12H2,1-3H3/p+2. The molecule has 2 saturated carbocycles. The van der Waals surface area contributed by atoms with Crippen LogP contribution in [0.3, 0.4) is 0 Å². The van der Waals surface area contributed by atoms with Crippen molar-refractivity contribution in [2.45, 2.75) is 45.7 Å². The third-order valence-corrected chi connectivity index (χ3v) is 5.23. The average Bonchev–Trinajstić information content (AvgIpc) is 2.26. The molecule has 0 heterocycles. The van der Waals surface area contributed by atoms with E-state index in [4.69, 9.17) is 0 Å². The molecule has 2 heteroatoms. The van der Waals surface area contributed by atoms with Gasteiger partial charge in [-0.1, -0.05) is 20.8 Å². The molecule has 0 aliphatic heterocycles. The zero-order valence-electron chi connectivity index (χ0n) is 8.56. The van der Waals surface area contributed by atoms with Gasteiger partial charge in [0.15, 0.2) is 0 Å². The average molecular weight is 170 g/mol. The third-order valence-electron chi connectivity index (χ3n) is 5.23. The van der Waals surface area contributed by atoms with Crippen molar-refractivity contribution < 1.29 is 11.5 Å². The lowest BCUT2D eigenvalue weighted by atomic mass is 9.69. The Hall–Kier alpha value is -0.0800.